The average Bonchev–Trinajstić information content (AvgIpc) is 3.36. The van der Waals surface area contributed by atoms with Crippen LogP contribution in [-0.4, -0.2) is 34.6 Å². The Morgan fingerprint density at radius 2 is 1.91 bits per heavy atom. The predicted molar refractivity (Wildman–Crippen MR) is 117 cm³/mol. The van der Waals surface area contributed by atoms with Gasteiger partial charge >= 0.3 is 11.7 Å². The highest BCUT2D eigenvalue weighted by molar-refractivity contribution is 5.81. The molecule has 13 heteroatoms. The Morgan fingerprint density at radius 1 is 1.15 bits per heavy atom. The molecule has 0 atom stereocenters. The summed E-state index contributed by atoms with van der Waals surface area (Å²) < 4.78 is 14.3. The zero-order chi connectivity index (χ0) is 24.1. The van der Waals surface area contributed by atoms with Gasteiger partial charge in [0.2, 0.25) is 5.78 Å². The van der Waals surface area contributed by atoms with Crippen LogP contribution < -0.4 is 11.3 Å². The van der Waals surface area contributed by atoms with Crippen molar-refractivity contribution in [2.75, 3.05) is 0 Å². The van der Waals surface area contributed by atoms with Crippen LogP contribution in [0.1, 0.15) is 11.4 Å². The molecular weight excluding hydrogens is 448 g/mol. The van der Waals surface area contributed by atoms with Gasteiger partial charge in [-0.05, 0) is 25.1 Å². The van der Waals surface area contributed by atoms with Crippen molar-refractivity contribution >= 4 is 39.4 Å². The number of nitro benzene ring substituents is 1. The number of oxazole rings is 1. The Labute approximate surface area is 188 Å². The van der Waals surface area contributed by atoms with Gasteiger partial charge in [0.25, 0.3) is 11.2 Å². The average molecular weight is 464 g/mol. The molecule has 0 saturated carbocycles. The lowest BCUT2D eigenvalue weighted by atomic mass is 10.1. The van der Waals surface area contributed by atoms with Crippen LogP contribution in [0.4, 0.5) is 5.69 Å². The molecular formula is C21H16N6O7. The fourth-order valence-electron chi connectivity index (χ4n) is 3.79. The van der Waals surface area contributed by atoms with Gasteiger partial charge in [0.1, 0.15) is 6.54 Å². The molecule has 0 amide bonds. The second-order valence-corrected chi connectivity index (χ2v) is 7.66. The Balaban J connectivity index is 1.43. The number of hydrogen-bond acceptors (Lipinski definition) is 9. The van der Waals surface area contributed by atoms with E-state index < -0.39 is 23.2 Å². The summed E-state index contributed by atoms with van der Waals surface area (Å²) in [4.78, 5) is 47.6. The summed E-state index contributed by atoms with van der Waals surface area (Å²) in [6.07, 6.45) is 0. The molecule has 172 valence electrons. The largest absolute Gasteiger partial charge is 0.456 e. The molecule has 0 spiro atoms. The molecule has 0 saturated heterocycles. The molecule has 13 nitrogen and oxygen atoms in total. The second-order valence-electron chi connectivity index (χ2n) is 7.66. The maximum Gasteiger partial charge on any atom is 0.420 e. The van der Waals surface area contributed by atoms with Crippen molar-refractivity contribution in [1.82, 2.24) is 23.7 Å². The highest BCUT2D eigenvalue weighted by Crippen LogP contribution is 2.20. The number of ether oxygens (including phenoxy) is 1. The van der Waals surface area contributed by atoms with Gasteiger partial charge in [0.05, 0.1) is 27.4 Å². The van der Waals surface area contributed by atoms with Crippen molar-refractivity contribution in [3.8, 4) is 0 Å². The van der Waals surface area contributed by atoms with Crippen molar-refractivity contribution in [2.24, 2.45) is 7.05 Å². The number of rotatable bonds is 5. The lowest BCUT2D eigenvalue weighted by Crippen LogP contribution is -2.22. The molecule has 0 radical (unpaired) electrons. The van der Waals surface area contributed by atoms with E-state index in [0.29, 0.717) is 10.9 Å². The van der Waals surface area contributed by atoms with Crippen LogP contribution in [0.3, 0.4) is 0 Å². The standard InChI is InChI=1S/C21H16N6O7/c1-11-3-5-14-13(7-11)19(29)24(2)20-23-22-17(26(14)20)10-33-18(28)9-25-15-6-4-12(27(31)32)8-16(15)34-21(25)30/h3-8H,9-10H2,1-2H3. The van der Waals surface area contributed by atoms with E-state index in [0.717, 1.165) is 16.2 Å². The van der Waals surface area contributed by atoms with E-state index in [9.17, 15) is 24.5 Å². The maximum absolute atomic E-state index is 12.7. The molecule has 2 aromatic carbocycles. The quantitative estimate of drug-likeness (QED) is 0.213. The smallest absolute Gasteiger partial charge is 0.420 e. The van der Waals surface area contributed by atoms with Crippen LogP contribution in [0, 0.1) is 17.0 Å². The fourth-order valence-corrected chi connectivity index (χ4v) is 3.79. The third kappa shape index (κ3) is 3.30. The molecule has 0 unspecified atom stereocenters. The van der Waals surface area contributed by atoms with E-state index in [1.807, 2.05) is 13.0 Å². The number of nitrogens with zero attached hydrogens (tertiary/aromatic N) is 6. The topological polar surface area (TPSA) is 157 Å². The van der Waals surface area contributed by atoms with Crippen LogP contribution >= 0.6 is 0 Å². The number of hydrogen-bond donors (Lipinski definition) is 0. The molecule has 0 bridgehead atoms. The number of carbonyl (C=O) groups is 1. The number of carbonyl (C=O) groups excluding carboxylic acids is 1. The molecule has 0 N–H and O–H groups in total. The van der Waals surface area contributed by atoms with Gasteiger partial charge in [-0.2, -0.15) is 0 Å². The minimum Gasteiger partial charge on any atom is -0.456 e. The van der Waals surface area contributed by atoms with Crippen molar-refractivity contribution < 1.29 is 18.9 Å². The van der Waals surface area contributed by atoms with E-state index in [1.165, 1.54) is 16.7 Å². The molecule has 3 heterocycles. The van der Waals surface area contributed by atoms with Crippen LogP contribution in [0.2, 0.25) is 0 Å². The van der Waals surface area contributed by atoms with E-state index in [4.69, 9.17) is 9.15 Å². The minimum atomic E-state index is -0.850. The summed E-state index contributed by atoms with van der Waals surface area (Å²) in [5.41, 5.74) is 1.21. The van der Waals surface area contributed by atoms with Crippen LogP contribution in [0.5, 0.6) is 0 Å². The predicted octanol–water partition coefficient (Wildman–Crippen LogP) is 1.45. The normalized spacial score (nSPS) is 11.5. The molecule has 0 aliphatic heterocycles. The lowest BCUT2D eigenvalue weighted by molar-refractivity contribution is -0.384. The molecule has 0 fully saturated rings. The molecule has 0 aliphatic carbocycles. The first kappa shape index (κ1) is 21.1. The van der Waals surface area contributed by atoms with E-state index in [-0.39, 0.29) is 40.6 Å². The number of aromatic nitrogens is 5. The second kappa shape index (κ2) is 7.65. The molecule has 34 heavy (non-hydrogen) atoms. The number of aryl methyl sites for hydroxylation is 2. The highest BCUT2D eigenvalue weighted by atomic mass is 16.6. The maximum atomic E-state index is 12.7. The lowest BCUT2D eigenvalue weighted by Gasteiger charge is -2.09. The van der Waals surface area contributed by atoms with Crippen LogP contribution in [0.25, 0.3) is 27.8 Å². The Bertz CT molecular complexity index is 1760. The number of esters is 1. The summed E-state index contributed by atoms with van der Waals surface area (Å²) >= 11 is 0. The van der Waals surface area contributed by atoms with Crippen molar-refractivity contribution in [2.45, 2.75) is 20.1 Å². The van der Waals surface area contributed by atoms with Gasteiger partial charge in [-0.3, -0.25) is 33.2 Å². The molecule has 5 rings (SSSR count). The Morgan fingerprint density at radius 3 is 2.68 bits per heavy atom. The van der Waals surface area contributed by atoms with Gasteiger partial charge in [0, 0.05) is 13.1 Å². The first-order chi connectivity index (χ1) is 16.2. The van der Waals surface area contributed by atoms with Crippen molar-refractivity contribution in [3.63, 3.8) is 0 Å². The Hall–Kier alpha value is -4.81. The monoisotopic (exact) mass is 464 g/mol. The fraction of sp³-hybridized carbons (Fsp3) is 0.190. The molecule has 5 aromatic rings. The summed E-state index contributed by atoms with van der Waals surface area (Å²) in [6, 6.07) is 9.01. The van der Waals surface area contributed by atoms with Gasteiger partial charge in [-0.15, -0.1) is 10.2 Å². The minimum absolute atomic E-state index is 0.0156. The molecule has 0 aliphatic rings. The summed E-state index contributed by atoms with van der Waals surface area (Å²) in [5.74, 6) is -1.04. The first-order valence-corrected chi connectivity index (χ1v) is 10.0. The van der Waals surface area contributed by atoms with Gasteiger partial charge in [-0.1, -0.05) is 11.6 Å². The summed E-state index contributed by atoms with van der Waals surface area (Å²) in [5, 5.41) is 19.5. The van der Waals surface area contributed by atoms with Gasteiger partial charge in [0.15, 0.2) is 18.0 Å². The summed E-state index contributed by atoms with van der Waals surface area (Å²) in [7, 11) is 1.57. The summed E-state index contributed by atoms with van der Waals surface area (Å²) in [6.45, 7) is 1.13. The zero-order valence-corrected chi connectivity index (χ0v) is 17.9. The Kier molecular flexibility index (Phi) is 4.74. The number of benzene rings is 2. The van der Waals surface area contributed by atoms with E-state index in [2.05, 4.69) is 10.2 Å². The van der Waals surface area contributed by atoms with Crippen LogP contribution in [0.15, 0.2) is 50.4 Å². The highest BCUT2D eigenvalue weighted by Gasteiger charge is 2.19. The van der Waals surface area contributed by atoms with Crippen LogP contribution in [-0.2, 0) is 29.7 Å². The zero-order valence-electron chi connectivity index (χ0n) is 17.9. The van der Waals surface area contributed by atoms with Gasteiger partial charge < -0.3 is 9.15 Å². The van der Waals surface area contributed by atoms with E-state index >= 15 is 0 Å². The third-order valence-corrected chi connectivity index (χ3v) is 5.45. The van der Waals surface area contributed by atoms with Gasteiger partial charge in [-0.25, -0.2) is 4.79 Å². The number of fused-ring (bicyclic) bond motifs is 4. The van der Waals surface area contributed by atoms with Crippen molar-refractivity contribution in [3.05, 3.63) is 78.8 Å². The number of non-ortho nitro benzene ring substituents is 1. The first-order valence-electron chi connectivity index (χ1n) is 10.0. The van der Waals surface area contributed by atoms with E-state index in [1.54, 1.807) is 23.6 Å². The molecule has 3 aromatic heterocycles. The van der Waals surface area contributed by atoms with Crippen molar-refractivity contribution in [1.29, 1.82) is 0 Å². The SMILES string of the molecule is Cc1ccc2c(c1)c(=O)n(C)c1nnc(COC(=O)Cn3c(=O)oc4cc([N+](=O)[O-])ccc43)n21. The third-order valence-electron chi connectivity index (χ3n) is 5.45. The number of nitro groups is 1.